The highest BCUT2D eigenvalue weighted by Gasteiger charge is 2.21. The lowest BCUT2D eigenvalue weighted by molar-refractivity contribution is -0.135. The molecule has 0 aromatic heterocycles. The first kappa shape index (κ1) is 16.7. The average molecular weight is 297 g/mol. The summed E-state index contributed by atoms with van der Waals surface area (Å²) in [6, 6.07) is 0.713. The van der Waals surface area contributed by atoms with Crippen LogP contribution in [0.15, 0.2) is 0 Å². The third kappa shape index (κ3) is 5.57. The Bertz CT molecular complexity index is 300. The molecule has 21 heavy (non-hydrogen) atoms. The summed E-state index contributed by atoms with van der Waals surface area (Å²) >= 11 is 0. The lowest BCUT2D eigenvalue weighted by atomic mass is 10.0. The molecule has 1 amide bonds. The van der Waals surface area contributed by atoms with Crippen LogP contribution in [0.2, 0.25) is 0 Å². The molecule has 122 valence electrons. The maximum atomic E-state index is 12.2. The first-order valence-electron chi connectivity index (χ1n) is 8.61. The van der Waals surface area contributed by atoms with Crippen LogP contribution >= 0.6 is 0 Å². The Morgan fingerprint density at radius 1 is 1.24 bits per heavy atom. The zero-order chi connectivity index (χ0) is 14.9. The molecule has 2 aliphatic heterocycles. The number of carbonyl (C=O) groups is 1. The van der Waals surface area contributed by atoms with Crippen molar-refractivity contribution in [1.29, 1.82) is 0 Å². The summed E-state index contributed by atoms with van der Waals surface area (Å²) in [5.41, 5.74) is 0. The summed E-state index contributed by atoms with van der Waals surface area (Å²) in [4.78, 5) is 16.7. The molecular weight excluding hydrogens is 266 g/mol. The Morgan fingerprint density at radius 3 is 2.62 bits per heavy atom. The van der Waals surface area contributed by atoms with Gasteiger partial charge >= 0.3 is 0 Å². The lowest BCUT2D eigenvalue weighted by Gasteiger charge is -2.34. The zero-order valence-corrected chi connectivity index (χ0v) is 13.5. The predicted molar refractivity (Wildman–Crippen MR) is 84.4 cm³/mol. The molecule has 2 heterocycles. The fourth-order valence-corrected chi connectivity index (χ4v) is 3.34. The third-order valence-electron chi connectivity index (χ3n) is 4.54. The van der Waals surface area contributed by atoms with Crippen molar-refractivity contribution < 1.29 is 9.53 Å². The fourth-order valence-electron chi connectivity index (χ4n) is 3.34. The van der Waals surface area contributed by atoms with Gasteiger partial charge in [-0.05, 0) is 51.9 Å². The van der Waals surface area contributed by atoms with E-state index in [-0.39, 0.29) is 0 Å². The Hall–Kier alpha value is -0.650. The maximum Gasteiger partial charge on any atom is 0.222 e. The van der Waals surface area contributed by atoms with E-state index < -0.39 is 0 Å². The molecule has 5 heteroatoms. The first-order chi connectivity index (χ1) is 10.3. The van der Waals surface area contributed by atoms with E-state index in [0.29, 0.717) is 31.6 Å². The summed E-state index contributed by atoms with van der Waals surface area (Å²) in [5.74, 6) is 0.306. The molecule has 0 aliphatic carbocycles. The highest BCUT2D eigenvalue weighted by molar-refractivity contribution is 5.76. The van der Waals surface area contributed by atoms with Gasteiger partial charge in [-0.15, -0.1) is 0 Å². The molecule has 2 rings (SSSR count). The van der Waals surface area contributed by atoms with Crippen LogP contribution in [0.25, 0.3) is 0 Å². The number of morpholine rings is 1. The van der Waals surface area contributed by atoms with Crippen molar-refractivity contribution in [3.63, 3.8) is 0 Å². The number of hydrogen-bond acceptors (Lipinski definition) is 4. The molecule has 2 saturated heterocycles. The summed E-state index contributed by atoms with van der Waals surface area (Å²) < 4.78 is 5.30. The predicted octanol–water partition coefficient (Wildman–Crippen LogP) is 1.09. The van der Waals surface area contributed by atoms with Crippen LogP contribution in [0.4, 0.5) is 0 Å². The molecule has 2 aliphatic rings. The van der Waals surface area contributed by atoms with Crippen LogP contribution in [-0.4, -0.2) is 74.2 Å². The first-order valence-corrected chi connectivity index (χ1v) is 8.61. The summed E-state index contributed by atoms with van der Waals surface area (Å²) in [6.07, 6.45) is 5.36. The van der Waals surface area contributed by atoms with Crippen molar-refractivity contribution in [1.82, 2.24) is 15.1 Å². The quantitative estimate of drug-likeness (QED) is 0.764. The molecule has 2 fully saturated rings. The normalized spacial score (nSPS) is 21.0. The number of amides is 1. The van der Waals surface area contributed by atoms with Crippen molar-refractivity contribution >= 4 is 5.91 Å². The SMILES string of the molecule is CCCN(CCCC(=O)N1CCOCC1)C1CCNCC1. The summed E-state index contributed by atoms with van der Waals surface area (Å²) in [6.45, 7) is 9.68. The van der Waals surface area contributed by atoms with E-state index >= 15 is 0 Å². The van der Waals surface area contributed by atoms with Gasteiger partial charge in [0.15, 0.2) is 0 Å². The van der Waals surface area contributed by atoms with Crippen LogP contribution in [0.3, 0.4) is 0 Å². The number of ether oxygens (including phenoxy) is 1. The van der Waals surface area contributed by atoms with Gasteiger partial charge in [0.1, 0.15) is 0 Å². The fraction of sp³-hybridized carbons (Fsp3) is 0.938. The van der Waals surface area contributed by atoms with Crippen molar-refractivity contribution in [2.75, 3.05) is 52.5 Å². The molecule has 0 atom stereocenters. The molecule has 0 radical (unpaired) electrons. The second-order valence-electron chi connectivity index (χ2n) is 6.11. The van der Waals surface area contributed by atoms with Crippen LogP contribution < -0.4 is 5.32 Å². The molecular formula is C16H31N3O2. The number of carbonyl (C=O) groups excluding carboxylic acids is 1. The number of rotatable bonds is 7. The van der Waals surface area contributed by atoms with E-state index in [4.69, 9.17) is 4.74 Å². The van der Waals surface area contributed by atoms with Gasteiger partial charge in [-0.25, -0.2) is 0 Å². The van der Waals surface area contributed by atoms with E-state index in [0.717, 1.165) is 45.7 Å². The minimum Gasteiger partial charge on any atom is -0.378 e. The largest absolute Gasteiger partial charge is 0.378 e. The van der Waals surface area contributed by atoms with E-state index in [9.17, 15) is 4.79 Å². The number of nitrogens with one attached hydrogen (secondary N) is 1. The van der Waals surface area contributed by atoms with Gasteiger partial charge in [0, 0.05) is 25.6 Å². The highest BCUT2D eigenvalue weighted by Crippen LogP contribution is 2.14. The van der Waals surface area contributed by atoms with E-state index in [2.05, 4.69) is 17.1 Å². The van der Waals surface area contributed by atoms with Crippen LogP contribution in [0, 0.1) is 0 Å². The molecule has 0 bridgehead atoms. The van der Waals surface area contributed by atoms with E-state index in [1.54, 1.807) is 0 Å². The van der Waals surface area contributed by atoms with Gasteiger partial charge in [0.25, 0.3) is 0 Å². The van der Waals surface area contributed by atoms with Gasteiger partial charge in [0.05, 0.1) is 13.2 Å². The molecule has 0 spiro atoms. The third-order valence-corrected chi connectivity index (χ3v) is 4.54. The Morgan fingerprint density at radius 2 is 1.95 bits per heavy atom. The second kappa shape index (κ2) is 9.38. The number of nitrogens with zero attached hydrogens (tertiary/aromatic N) is 2. The van der Waals surface area contributed by atoms with Gasteiger partial charge in [-0.3, -0.25) is 4.79 Å². The maximum absolute atomic E-state index is 12.2. The summed E-state index contributed by atoms with van der Waals surface area (Å²) in [5, 5.41) is 3.43. The molecule has 0 aromatic rings. The Kier molecular flexibility index (Phi) is 7.47. The topological polar surface area (TPSA) is 44.8 Å². The van der Waals surface area contributed by atoms with Gasteiger partial charge in [0.2, 0.25) is 5.91 Å². The standard InChI is InChI=1S/C16H31N3O2/c1-2-9-18(15-5-7-17-8-6-15)10-3-4-16(20)19-11-13-21-14-12-19/h15,17H,2-14H2,1H3. The number of piperidine rings is 1. The minimum absolute atomic E-state index is 0.306. The van der Waals surface area contributed by atoms with Crippen LogP contribution in [0.1, 0.15) is 39.0 Å². The van der Waals surface area contributed by atoms with Crippen molar-refractivity contribution in [3.8, 4) is 0 Å². The van der Waals surface area contributed by atoms with Crippen LogP contribution in [-0.2, 0) is 9.53 Å². The van der Waals surface area contributed by atoms with Crippen molar-refractivity contribution in [2.24, 2.45) is 0 Å². The Labute approximate surface area is 129 Å². The average Bonchev–Trinajstić information content (AvgIpc) is 2.55. The molecule has 0 saturated carbocycles. The van der Waals surface area contributed by atoms with Crippen LogP contribution in [0.5, 0.6) is 0 Å². The van der Waals surface area contributed by atoms with E-state index in [1.165, 1.54) is 19.3 Å². The molecule has 1 N–H and O–H groups in total. The van der Waals surface area contributed by atoms with Gasteiger partial charge in [-0.2, -0.15) is 0 Å². The molecule has 0 unspecified atom stereocenters. The monoisotopic (exact) mass is 297 g/mol. The lowest BCUT2D eigenvalue weighted by Crippen LogP contribution is -2.44. The summed E-state index contributed by atoms with van der Waals surface area (Å²) in [7, 11) is 0. The van der Waals surface area contributed by atoms with E-state index in [1.807, 2.05) is 4.90 Å². The van der Waals surface area contributed by atoms with Crippen molar-refractivity contribution in [2.45, 2.75) is 45.1 Å². The smallest absolute Gasteiger partial charge is 0.222 e. The highest BCUT2D eigenvalue weighted by atomic mass is 16.5. The Balaban J connectivity index is 1.69. The van der Waals surface area contributed by atoms with Crippen molar-refractivity contribution in [3.05, 3.63) is 0 Å². The van der Waals surface area contributed by atoms with Gasteiger partial charge < -0.3 is 19.9 Å². The zero-order valence-electron chi connectivity index (χ0n) is 13.5. The minimum atomic E-state index is 0.306. The number of hydrogen-bond donors (Lipinski definition) is 1. The molecule has 0 aromatic carbocycles. The van der Waals surface area contributed by atoms with Gasteiger partial charge in [-0.1, -0.05) is 6.92 Å². The second-order valence-corrected chi connectivity index (χ2v) is 6.11. The molecule has 5 nitrogen and oxygen atoms in total.